The van der Waals surface area contributed by atoms with Gasteiger partial charge in [0.25, 0.3) is 0 Å². The second kappa shape index (κ2) is 8.92. The molecule has 1 saturated carbocycles. The van der Waals surface area contributed by atoms with Crippen LogP contribution in [0.25, 0.3) is 0 Å². The van der Waals surface area contributed by atoms with E-state index in [-0.39, 0.29) is 17.4 Å². The molecular weight excluding hydrogens is 292 g/mol. The summed E-state index contributed by atoms with van der Waals surface area (Å²) in [7, 11) is 1.82. The Kier molecular flexibility index (Phi) is 7.56. The normalized spacial score (nSPS) is 23.1. The topological polar surface area (TPSA) is 86.7 Å². The summed E-state index contributed by atoms with van der Waals surface area (Å²) in [5, 5.41) is 11.1. The molecule has 21 heavy (non-hydrogen) atoms. The van der Waals surface area contributed by atoms with Gasteiger partial charge in [0.05, 0.1) is 5.75 Å². The Hall–Kier alpha value is -1.24. The van der Waals surface area contributed by atoms with Gasteiger partial charge < -0.3 is 15.3 Å². The Bertz CT molecular complexity index is 370. The number of hydrogen-bond donors (Lipinski definition) is 2. The number of thioether (sulfide) groups is 1. The predicted molar refractivity (Wildman–Crippen MR) is 82.1 cm³/mol. The minimum absolute atomic E-state index is 0.0230. The number of carbonyl (C=O) groups is 3. The lowest BCUT2D eigenvalue weighted by atomic mass is 9.87. The van der Waals surface area contributed by atoms with Gasteiger partial charge in [0.1, 0.15) is 6.04 Å². The van der Waals surface area contributed by atoms with Gasteiger partial charge in [-0.25, -0.2) is 4.79 Å². The molecule has 7 heteroatoms. The monoisotopic (exact) mass is 316 g/mol. The molecule has 1 fully saturated rings. The van der Waals surface area contributed by atoms with Crippen molar-refractivity contribution in [3.05, 3.63) is 0 Å². The number of nitrogens with zero attached hydrogens (tertiary/aromatic N) is 1. The minimum Gasteiger partial charge on any atom is -0.480 e. The summed E-state index contributed by atoms with van der Waals surface area (Å²) in [5.41, 5.74) is 0. The third-order valence-corrected chi connectivity index (χ3v) is 5.02. The van der Waals surface area contributed by atoms with Gasteiger partial charge in [-0.15, -0.1) is 11.8 Å². The van der Waals surface area contributed by atoms with E-state index in [1.807, 2.05) is 7.05 Å². The van der Waals surface area contributed by atoms with Crippen LogP contribution in [0.5, 0.6) is 0 Å². The maximum Gasteiger partial charge on any atom is 0.327 e. The summed E-state index contributed by atoms with van der Waals surface area (Å²) >= 11 is 1.24. The van der Waals surface area contributed by atoms with Gasteiger partial charge in [0.2, 0.25) is 12.3 Å². The van der Waals surface area contributed by atoms with Crippen molar-refractivity contribution in [2.75, 3.05) is 18.6 Å². The van der Waals surface area contributed by atoms with Crippen LogP contribution in [0.3, 0.4) is 0 Å². The van der Waals surface area contributed by atoms with Gasteiger partial charge >= 0.3 is 5.97 Å². The summed E-state index contributed by atoms with van der Waals surface area (Å²) in [4.78, 5) is 35.0. The number of amides is 2. The van der Waals surface area contributed by atoms with E-state index in [0.29, 0.717) is 12.5 Å². The van der Waals surface area contributed by atoms with E-state index < -0.39 is 12.0 Å². The fourth-order valence-corrected chi connectivity index (χ4v) is 3.44. The maximum absolute atomic E-state index is 12.1. The average molecular weight is 316 g/mol. The van der Waals surface area contributed by atoms with Crippen molar-refractivity contribution in [1.82, 2.24) is 10.2 Å². The van der Waals surface area contributed by atoms with E-state index in [2.05, 4.69) is 12.2 Å². The number of carboxylic acid groups (broad SMARTS) is 1. The van der Waals surface area contributed by atoms with Gasteiger partial charge in [0, 0.05) is 18.8 Å². The molecule has 0 radical (unpaired) electrons. The van der Waals surface area contributed by atoms with Crippen LogP contribution in [0, 0.1) is 5.92 Å². The highest BCUT2D eigenvalue weighted by Crippen LogP contribution is 2.26. The number of aliphatic carboxylic acids is 1. The molecule has 0 aliphatic heterocycles. The highest BCUT2D eigenvalue weighted by Gasteiger charge is 2.25. The van der Waals surface area contributed by atoms with Crippen molar-refractivity contribution in [2.45, 2.75) is 44.7 Å². The third kappa shape index (κ3) is 5.95. The summed E-state index contributed by atoms with van der Waals surface area (Å²) in [5.74, 6) is 0.110. The molecule has 1 aliphatic carbocycles. The Morgan fingerprint density at radius 3 is 2.52 bits per heavy atom. The van der Waals surface area contributed by atoms with Crippen molar-refractivity contribution in [2.24, 2.45) is 5.92 Å². The molecule has 1 rings (SSSR count). The number of nitrogens with one attached hydrogen (secondary N) is 1. The number of carboxylic acids is 1. The zero-order valence-corrected chi connectivity index (χ0v) is 13.4. The first-order valence-corrected chi connectivity index (χ1v) is 8.37. The summed E-state index contributed by atoms with van der Waals surface area (Å²) < 4.78 is 0. The largest absolute Gasteiger partial charge is 0.480 e. The van der Waals surface area contributed by atoms with Crippen LogP contribution in [0.1, 0.15) is 32.6 Å². The Labute approximate surface area is 129 Å². The molecule has 0 aromatic heterocycles. The van der Waals surface area contributed by atoms with Crippen LogP contribution in [-0.4, -0.2) is 58.9 Å². The zero-order valence-electron chi connectivity index (χ0n) is 12.6. The number of rotatable bonds is 8. The second-order valence-electron chi connectivity index (χ2n) is 5.61. The Morgan fingerprint density at radius 2 is 2.00 bits per heavy atom. The predicted octanol–water partition coefficient (Wildman–Crippen LogP) is 0.956. The molecular formula is C14H24N2O4S. The Morgan fingerprint density at radius 1 is 1.38 bits per heavy atom. The molecule has 2 N–H and O–H groups in total. The first-order chi connectivity index (χ1) is 9.95. The van der Waals surface area contributed by atoms with E-state index in [1.165, 1.54) is 11.8 Å². The molecule has 0 saturated heterocycles. The van der Waals surface area contributed by atoms with Crippen LogP contribution in [0.15, 0.2) is 0 Å². The van der Waals surface area contributed by atoms with Crippen LogP contribution >= 0.6 is 11.8 Å². The fraction of sp³-hybridized carbons (Fsp3) is 0.786. The minimum atomic E-state index is -1.09. The second-order valence-corrected chi connectivity index (χ2v) is 6.64. The lowest BCUT2D eigenvalue weighted by Gasteiger charge is -2.33. The van der Waals surface area contributed by atoms with Crippen molar-refractivity contribution in [3.63, 3.8) is 0 Å². The van der Waals surface area contributed by atoms with Crippen molar-refractivity contribution >= 4 is 30.0 Å². The molecule has 120 valence electrons. The van der Waals surface area contributed by atoms with Crippen LogP contribution < -0.4 is 5.32 Å². The van der Waals surface area contributed by atoms with E-state index >= 15 is 0 Å². The summed E-state index contributed by atoms with van der Waals surface area (Å²) in [6, 6.07) is -0.640. The highest BCUT2D eigenvalue weighted by atomic mass is 32.2. The lowest BCUT2D eigenvalue weighted by molar-refractivity contribution is -0.139. The molecule has 6 nitrogen and oxygen atoms in total. The van der Waals surface area contributed by atoms with E-state index in [0.717, 1.165) is 31.6 Å². The van der Waals surface area contributed by atoms with E-state index in [1.54, 1.807) is 4.90 Å². The van der Waals surface area contributed by atoms with Crippen LogP contribution in [0.2, 0.25) is 0 Å². The average Bonchev–Trinajstić information content (AvgIpc) is 2.46. The molecule has 1 atom stereocenters. The molecule has 0 spiro atoms. The Balaban J connectivity index is 2.32. The lowest BCUT2D eigenvalue weighted by Crippen LogP contribution is -2.41. The maximum atomic E-state index is 12.1. The van der Waals surface area contributed by atoms with Crippen molar-refractivity contribution in [3.8, 4) is 0 Å². The van der Waals surface area contributed by atoms with Crippen molar-refractivity contribution < 1.29 is 19.5 Å². The molecule has 2 amide bonds. The molecule has 1 aliphatic rings. The van der Waals surface area contributed by atoms with Crippen LogP contribution in [0.4, 0.5) is 0 Å². The van der Waals surface area contributed by atoms with Crippen molar-refractivity contribution in [1.29, 1.82) is 0 Å². The molecule has 0 aromatic carbocycles. The smallest absolute Gasteiger partial charge is 0.327 e. The fourth-order valence-electron chi connectivity index (χ4n) is 2.47. The first kappa shape index (κ1) is 17.8. The van der Waals surface area contributed by atoms with E-state index in [9.17, 15) is 14.4 Å². The number of hydrogen-bond acceptors (Lipinski definition) is 4. The summed E-state index contributed by atoms with van der Waals surface area (Å²) in [6.45, 7) is 2.24. The number of carbonyl (C=O) groups excluding carboxylic acids is 2. The standard InChI is InChI=1S/C14H24N2O4S/c1-10-3-5-11(6-4-10)16(2)13(18)8-21-7-12(14(19)20)15-9-17/h9-12H,3-8H2,1-2H3,(H,15,17)(H,19,20). The van der Waals surface area contributed by atoms with Gasteiger partial charge in [0.15, 0.2) is 0 Å². The molecule has 0 heterocycles. The zero-order chi connectivity index (χ0) is 15.8. The van der Waals surface area contributed by atoms with E-state index in [4.69, 9.17) is 5.11 Å². The summed E-state index contributed by atoms with van der Waals surface area (Å²) in [6.07, 6.45) is 4.76. The quantitative estimate of drug-likeness (QED) is 0.651. The highest BCUT2D eigenvalue weighted by molar-refractivity contribution is 8.00. The van der Waals surface area contributed by atoms with Gasteiger partial charge in [-0.3, -0.25) is 9.59 Å². The SMILES string of the molecule is CC1CCC(N(C)C(=O)CSCC(NC=O)C(=O)O)CC1. The molecule has 1 unspecified atom stereocenters. The van der Waals surface area contributed by atoms with Gasteiger partial charge in [-0.05, 0) is 31.6 Å². The first-order valence-electron chi connectivity index (χ1n) is 7.21. The molecule has 0 aromatic rings. The molecule has 0 bridgehead atoms. The van der Waals surface area contributed by atoms with Gasteiger partial charge in [-0.2, -0.15) is 0 Å². The van der Waals surface area contributed by atoms with Gasteiger partial charge in [-0.1, -0.05) is 6.92 Å². The third-order valence-electron chi connectivity index (χ3n) is 4.00. The van der Waals surface area contributed by atoms with Crippen LogP contribution in [-0.2, 0) is 14.4 Å².